The fourth-order valence-corrected chi connectivity index (χ4v) is 3.66. The van der Waals surface area contributed by atoms with Gasteiger partial charge in [-0.25, -0.2) is 4.98 Å². The van der Waals surface area contributed by atoms with E-state index in [1.807, 2.05) is 24.3 Å². The summed E-state index contributed by atoms with van der Waals surface area (Å²) >= 11 is 19.6. The first-order valence-electron chi connectivity index (χ1n) is 6.18. The van der Waals surface area contributed by atoms with E-state index in [0.717, 1.165) is 20.8 Å². The fourth-order valence-electron chi connectivity index (χ4n) is 1.99. The molecule has 2 aromatic carbocycles. The van der Waals surface area contributed by atoms with Crippen LogP contribution in [0.15, 0.2) is 36.4 Å². The average Bonchev–Trinajstić information content (AvgIpc) is 2.88. The largest absolute Gasteiger partial charge is 0.485 e. The maximum absolute atomic E-state index is 6.17. The molecule has 2 nitrogen and oxygen atoms in total. The highest BCUT2D eigenvalue weighted by Gasteiger charge is 2.12. The molecule has 0 aliphatic rings. The molecule has 0 N–H and O–H groups in total. The number of halogens is 3. The van der Waals surface area contributed by atoms with Gasteiger partial charge in [-0.15, -0.1) is 22.9 Å². The van der Waals surface area contributed by atoms with Crippen molar-refractivity contribution in [2.45, 2.75) is 12.5 Å². The fraction of sp³-hybridized carbons (Fsp3) is 0.133. The number of para-hydroxylation sites is 1. The maximum atomic E-state index is 6.17. The Kier molecular flexibility index (Phi) is 4.55. The van der Waals surface area contributed by atoms with Crippen LogP contribution in [0.1, 0.15) is 10.6 Å². The monoisotopic (exact) mass is 357 g/mol. The first kappa shape index (κ1) is 14.9. The summed E-state index contributed by atoms with van der Waals surface area (Å²) in [5.74, 6) is 0.852. The molecule has 0 aliphatic heterocycles. The van der Waals surface area contributed by atoms with Crippen molar-refractivity contribution in [3.05, 3.63) is 57.0 Å². The zero-order valence-corrected chi connectivity index (χ0v) is 13.9. The maximum Gasteiger partial charge on any atom is 0.143 e. The Morgan fingerprint density at radius 3 is 2.71 bits per heavy atom. The molecule has 1 heterocycles. The molecule has 0 bridgehead atoms. The molecule has 6 heteroatoms. The highest BCUT2D eigenvalue weighted by molar-refractivity contribution is 7.18. The summed E-state index contributed by atoms with van der Waals surface area (Å²) in [4.78, 5) is 4.52. The van der Waals surface area contributed by atoms with Crippen molar-refractivity contribution in [2.24, 2.45) is 0 Å². The summed E-state index contributed by atoms with van der Waals surface area (Å²) in [5.41, 5.74) is 1.75. The molecule has 0 atom stereocenters. The van der Waals surface area contributed by atoms with Crippen LogP contribution < -0.4 is 4.74 Å². The summed E-state index contributed by atoms with van der Waals surface area (Å²) in [5, 5.41) is 1.89. The minimum Gasteiger partial charge on any atom is -0.485 e. The molecular formula is C15H10Cl3NOS. The first-order valence-corrected chi connectivity index (χ1v) is 8.29. The van der Waals surface area contributed by atoms with E-state index in [1.54, 1.807) is 23.5 Å². The van der Waals surface area contributed by atoms with Crippen molar-refractivity contribution >= 4 is 56.4 Å². The van der Waals surface area contributed by atoms with Gasteiger partial charge in [-0.3, -0.25) is 0 Å². The van der Waals surface area contributed by atoms with Gasteiger partial charge in [-0.2, -0.15) is 0 Å². The van der Waals surface area contributed by atoms with Crippen LogP contribution in [0.5, 0.6) is 5.75 Å². The first-order chi connectivity index (χ1) is 10.2. The van der Waals surface area contributed by atoms with E-state index in [2.05, 4.69) is 4.98 Å². The minimum atomic E-state index is 0.287. The highest BCUT2D eigenvalue weighted by atomic mass is 35.5. The number of thiazole rings is 1. The Labute approximate surface area is 141 Å². The molecule has 3 aromatic rings. The van der Waals surface area contributed by atoms with E-state index in [4.69, 9.17) is 39.5 Å². The molecule has 0 radical (unpaired) electrons. The molecule has 21 heavy (non-hydrogen) atoms. The highest BCUT2D eigenvalue weighted by Crippen LogP contribution is 2.34. The van der Waals surface area contributed by atoms with Gasteiger partial charge in [0, 0.05) is 10.6 Å². The van der Waals surface area contributed by atoms with E-state index >= 15 is 0 Å². The molecule has 1 aromatic heterocycles. The number of alkyl halides is 1. The predicted octanol–water partition coefficient (Wildman–Crippen LogP) is 5.92. The van der Waals surface area contributed by atoms with Crippen molar-refractivity contribution in [1.29, 1.82) is 0 Å². The van der Waals surface area contributed by atoms with E-state index in [-0.39, 0.29) is 5.88 Å². The summed E-state index contributed by atoms with van der Waals surface area (Å²) in [7, 11) is 0. The van der Waals surface area contributed by atoms with Gasteiger partial charge in [0.2, 0.25) is 0 Å². The van der Waals surface area contributed by atoms with Crippen LogP contribution in [0.2, 0.25) is 10.0 Å². The Morgan fingerprint density at radius 2 is 1.95 bits per heavy atom. The van der Waals surface area contributed by atoms with E-state index in [9.17, 15) is 0 Å². The Balaban J connectivity index is 1.84. The van der Waals surface area contributed by atoms with E-state index in [0.29, 0.717) is 22.4 Å². The van der Waals surface area contributed by atoms with Crippen molar-refractivity contribution in [3.63, 3.8) is 0 Å². The van der Waals surface area contributed by atoms with Crippen LogP contribution in [-0.4, -0.2) is 4.98 Å². The summed E-state index contributed by atoms with van der Waals surface area (Å²) in [6.45, 7) is 0.352. The number of hydrogen-bond acceptors (Lipinski definition) is 3. The zero-order valence-electron chi connectivity index (χ0n) is 10.8. The van der Waals surface area contributed by atoms with Crippen LogP contribution in [-0.2, 0) is 12.5 Å². The molecule has 0 unspecified atom stereocenters. The van der Waals surface area contributed by atoms with Crippen LogP contribution in [0.25, 0.3) is 10.2 Å². The normalized spacial score (nSPS) is 11.0. The second-order valence-electron chi connectivity index (χ2n) is 4.37. The van der Waals surface area contributed by atoms with Crippen LogP contribution in [0, 0.1) is 0 Å². The Bertz CT molecular complexity index is 755. The van der Waals surface area contributed by atoms with Gasteiger partial charge in [0.05, 0.1) is 21.1 Å². The molecule has 0 saturated heterocycles. The third-order valence-electron chi connectivity index (χ3n) is 2.91. The number of aromatic nitrogens is 1. The standard InChI is InChI=1S/C15H10Cl3NOS/c16-7-9-5-10(17)6-11(18)15(9)20-8-14-19-12-3-1-2-4-13(12)21-14/h1-6H,7-8H2. The molecule has 108 valence electrons. The van der Waals surface area contributed by atoms with Gasteiger partial charge in [-0.1, -0.05) is 35.3 Å². The summed E-state index contributed by atoms with van der Waals surface area (Å²) < 4.78 is 6.94. The average molecular weight is 359 g/mol. The van der Waals surface area contributed by atoms with Crippen molar-refractivity contribution in [3.8, 4) is 5.75 Å². The number of ether oxygens (including phenoxy) is 1. The van der Waals surface area contributed by atoms with Gasteiger partial charge in [-0.05, 0) is 24.3 Å². The second kappa shape index (κ2) is 6.41. The van der Waals surface area contributed by atoms with Gasteiger partial charge >= 0.3 is 0 Å². The number of benzene rings is 2. The second-order valence-corrected chi connectivity index (χ2v) is 6.60. The van der Waals surface area contributed by atoms with Gasteiger partial charge in [0.1, 0.15) is 17.4 Å². The summed E-state index contributed by atoms with van der Waals surface area (Å²) in [6, 6.07) is 11.4. The molecular weight excluding hydrogens is 349 g/mol. The van der Waals surface area contributed by atoms with Crippen molar-refractivity contribution in [2.75, 3.05) is 0 Å². The zero-order chi connectivity index (χ0) is 14.8. The third kappa shape index (κ3) is 3.27. The van der Waals surface area contributed by atoms with Crippen molar-refractivity contribution in [1.82, 2.24) is 4.98 Å². The van der Waals surface area contributed by atoms with Crippen LogP contribution in [0.4, 0.5) is 0 Å². The lowest BCUT2D eigenvalue weighted by Crippen LogP contribution is -1.98. The lowest BCUT2D eigenvalue weighted by atomic mass is 10.2. The molecule has 3 rings (SSSR count). The lowest BCUT2D eigenvalue weighted by molar-refractivity contribution is 0.303. The molecule has 0 spiro atoms. The van der Waals surface area contributed by atoms with Gasteiger partial charge < -0.3 is 4.74 Å². The number of nitrogens with zero attached hydrogens (tertiary/aromatic N) is 1. The minimum absolute atomic E-state index is 0.287. The topological polar surface area (TPSA) is 22.1 Å². The molecule has 0 aliphatic carbocycles. The number of rotatable bonds is 4. The summed E-state index contributed by atoms with van der Waals surface area (Å²) in [6.07, 6.45) is 0. The van der Waals surface area contributed by atoms with Crippen molar-refractivity contribution < 1.29 is 4.74 Å². The molecule has 0 saturated carbocycles. The molecule has 0 amide bonds. The van der Waals surface area contributed by atoms with Gasteiger partial charge in [0.15, 0.2) is 0 Å². The van der Waals surface area contributed by atoms with E-state index < -0.39 is 0 Å². The van der Waals surface area contributed by atoms with Gasteiger partial charge in [0.25, 0.3) is 0 Å². The van der Waals surface area contributed by atoms with E-state index in [1.165, 1.54) is 0 Å². The SMILES string of the molecule is ClCc1cc(Cl)cc(Cl)c1OCc1nc2ccccc2s1. The quantitative estimate of drug-likeness (QED) is 0.540. The number of hydrogen-bond donors (Lipinski definition) is 0. The Morgan fingerprint density at radius 1 is 1.14 bits per heavy atom. The molecule has 0 fully saturated rings. The Hall–Kier alpha value is -1.00. The lowest BCUT2D eigenvalue weighted by Gasteiger charge is -2.11. The smallest absolute Gasteiger partial charge is 0.143 e. The predicted molar refractivity (Wildman–Crippen MR) is 90.0 cm³/mol. The van der Waals surface area contributed by atoms with Crippen LogP contribution in [0.3, 0.4) is 0 Å². The third-order valence-corrected chi connectivity index (χ3v) is 4.70. The van der Waals surface area contributed by atoms with Crippen LogP contribution >= 0.6 is 46.1 Å². The number of fused-ring (bicyclic) bond motifs is 1.